The summed E-state index contributed by atoms with van der Waals surface area (Å²) < 4.78 is 9.22. The normalized spacial score (nSPS) is 13.1. The molecule has 0 rings (SSSR count). The minimum absolute atomic E-state index is 0.268. The number of esters is 2. The lowest BCUT2D eigenvalue weighted by atomic mass is 10.1. The van der Waals surface area contributed by atoms with Crippen molar-refractivity contribution in [1.82, 2.24) is 0 Å². The maximum Gasteiger partial charge on any atom is 0.323 e. The Morgan fingerprint density at radius 2 is 2.00 bits per heavy atom. The number of rotatable bonds is 5. The Morgan fingerprint density at radius 1 is 1.47 bits per heavy atom. The zero-order valence-electron chi connectivity index (χ0n) is 9.15. The van der Waals surface area contributed by atoms with Gasteiger partial charge in [-0.2, -0.15) is 0 Å². The molecule has 0 unspecified atom stereocenters. The van der Waals surface area contributed by atoms with Gasteiger partial charge >= 0.3 is 11.9 Å². The second-order valence-corrected chi connectivity index (χ2v) is 3.73. The highest BCUT2D eigenvalue weighted by Crippen LogP contribution is 2.09. The van der Waals surface area contributed by atoms with Gasteiger partial charge in [-0.05, 0) is 13.8 Å². The Kier molecular flexibility index (Phi) is 5.24. The van der Waals surface area contributed by atoms with Gasteiger partial charge in [-0.15, -0.1) is 0 Å². The van der Waals surface area contributed by atoms with E-state index < -0.39 is 23.6 Å². The number of hydrogen-bond acceptors (Lipinski definition) is 6. The summed E-state index contributed by atoms with van der Waals surface area (Å²) in [5, 5.41) is 8.83. The quantitative estimate of drug-likeness (QED) is 0.587. The molecule has 1 atom stereocenters. The van der Waals surface area contributed by atoms with Crippen LogP contribution in [0.2, 0.25) is 0 Å². The summed E-state index contributed by atoms with van der Waals surface area (Å²) >= 11 is 0. The molecule has 0 spiro atoms. The number of aliphatic hydroxyl groups excluding tert-OH is 1. The van der Waals surface area contributed by atoms with Gasteiger partial charge in [0.05, 0.1) is 20.1 Å². The van der Waals surface area contributed by atoms with Gasteiger partial charge in [-0.1, -0.05) is 0 Å². The van der Waals surface area contributed by atoms with Crippen LogP contribution in [0.4, 0.5) is 0 Å². The number of aliphatic hydroxyl groups is 1. The lowest BCUT2D eigenvalue weighted by molar-refractivity contribution is -0.162. The molecule has 0 radical (unpaired) electrons. The fraction of sp³-hybridized carbons (Fsp3) is 0.778. The Bertz CT molecular complexity index is 239. The topological polar surface area (TPSA) is 98.9 Å². The molecule has 0 heterocycles. The van der Waals surface area contributed by atoms with Gasteiger partial charge < -0.3 is 20.3 Å². The summed E-state index contributed by atoms with van der Waals surface area (Å²) in [6, 6.07) is -1.03. The van der Waals surface area contributed by atoms with Gasteiger partial charge in [0.25, 0.3) is 0 Å². The lowest BCUT2D eigenvalue weighted by Crippen LogP contribution is -2.38. The van der Waals surface area contributed by atoms with Crippen LogP contribution < -0.4 is 5.73 Å². The third-order valence-corrected chi connectivity index (χ3v) is 1.66. The molecule has 0 amide bonds. The van der Waals surface area contributed by atoms with Crippen molar-refractivity contribution in [3.63, 3.8) is 0 Å². The summed E-state index contributed by atoms with van der Waals surface area (Å²) in [4.78, 5) is 22.1. The zero-order chi connectivity index (χ0) is 12.1. The molecule has 0 bridgehead atoms. The van der Waals surface area contributed by atoms with Crippen molar-refractivity contribution in [2.24, 2.45) is 5.73 Å². The molecule has 0 fully saturated rings. The molecule has 6 heteroatoms. The van der Waals surface area contributed by atoms with Crippen molar-refractivity contribution in [2.45, 2.75) is 31.9 Å². The molecule has 0 saturated carbocycles. The van der Waals surface area contributed by atoms with E-state index in [4.69, 9.17) is 15.6 Å². The molecule has 3 N–H and O–H groups in total. The van der Waals surface area contributed by atoms with Crippen LogP contribution >= 0.6 is 0 Å². The average Bonchev–Trinajstić information content (AvgIpc) is 2.15. The van der Waals surface area contributed by atoms with Crippen LogP contribution in [0.15, 0.2) is 0 Å². The fourth-order valence-electron chi connectivity index (χ4n) is 0.796. The summed E-state index contributed by atoms with van der Waals surface area (Å²) in [5.41, 5.74) is 4.39. The lowest BCUT2D eigenvalue weighted by Gasteiger charge is -2.22. The predicted molar refractivity (Wildman–Crippen MR) is 51.9 cm³/mol. The largest absolute Gasteiger partial charge is 0.468 e. The van der Waals surface area contributed by atoms with Gasteiger partial charge in [0.15, 0.2) is 0 Å². The van der Waals surface area contributed by atoms with Gasteiger partial charge in [-0.25, -0.2) is 0 Å². The minimum Gasteiger partial charge on any atom is -0.468 e. The van der Waals surface area contributed by atoms with Gasteiger partial charge in [-0.3, -0.25) is 9.59 Å². The second-order valence-electron chi connectivity index (χ2n) is 3.73. The Balaban J connectivity index is 4.10. The van der Waals surface area contributed by atoms with Gasteiger partial charge in [0.1, 0.15) is 11.6 Å². The molecule has 0 aromatic heterocycles. The summed E-state index contributed by atoms with van der Waals surface area (Å²) in [6.07, 6.45) is -0.268. The second kappa shape index (κ2) is 5.67. The van der Waals surface area contributed by atoms with E-state index in [9.17, 15) is 9.59 Å². The number of carbonyl (C=O) groups excluding carboxylic acids is 2. The van der Waals surface area contributed by atoms with Crippen LogP contribution in [0, 0.1) is 0 Å². The first kappa shape index (κ1) is 13.9. The van der Waals surface area contributed by atoms with E-state index in [0.29, 0.717) is 0 Å². The number of carbonyl (C=O) groups is 2. The zero-order valence-corrected chi connectivity index (χ0v) is 9.15. The SMILES string of the molecule is COC(=O)[C@@H](N)CC(=O)OC(C)(C)CO. The van der Waals surface area contributed by atoms with Crippen molar-refractivity contribution >= 4 is 11.9 Å². The standard InChI is InChI=1S/C9H17NO5/c1-9(2,5-11)15-7(12)4-6(10)8(13)14-3/h6,11H,4-5,10H2,1-3H3/t6-/m0/s1. The molecule has 15 heavy (non-hydrogen) atoms. The highest BCUT2D eigenvalue weighted by Gasteiger charge is 2.25. The van der Waals surface area contributed by atoms with Crippen LogP contribution in [0.3, 0.4) is 0 Å². The first-order valence-corrected chi connectivity index (χ1v) is 4.48. The molecule has 0 aromatic rings. The van der Waals surface area contributed by atoms with Gasteiger partial charge in [0, 0.05) is 0 Å². The maximum absolute atomic E-state index is 11.2. The molecule has 0 saturated heterocycles. The Hall–Kier alpha value is -1.14. The van der Waals surface area contributed by atoms with Crippen molar-refractivity contribution in [3.8, 4) is 0 Å². The van der Waals surface area contributed by atoms with Crippen molar-refractivity contribution in [3.05, 3.63) is 0 Å². The highest BCUT2D eigenvalue weighted by atomic mass is 16.6. The van der Waals surface area contributed by atoms with E-state index in [1.165, 1.54) is 7.11 Å². The van der Waals surface area contributed by atoms with Crippen LogP contribution in [-0.2, 0) is 19.1 Å². The van der Waals surface area contributed by atoms with Crippen LogP contribution in [0.1, 0.15) is 20.3 Å². The average molecular weight is 219 g/mol. The van der Waals surface area contributed by atoms with Gasteiger partial charge in [0.2, 0.25) is 0 Å². The van der Waals surface area contributed by atoms with Crippen molar-refractivity contribution in [2.75, 3.05) is 13.7 Å². The van der Waals surface area contributed by atoms with E-state index >= 15 is 0 Å². The predicted octanol–water partition coefficient (Wildman–Crippen LogP) is -0.809. The fourth-order valence-corrected chi connectivity index (χ4v) is 0.796. The van der Waals surface area contributed by atoms with E-state index in [1.807, 2.05) is 0 Å². The molecule has 0 aliphatic carbocycles. The smallest absolute Gasteiger partial charge is 0.323 e. The van der Waals surface area contributed by atoms with Crippen LogP contribution in [0.25, 0.3) is 0 Å². The molecule has 0 aliphatic heterocycles. The van der Waals surface area contributed by atoms with E-state index in [-0.39, 0.29) is 13.0 Å². The van der Waals surface area contributed by atoms with Crippen LogP contribution in [0.5, 0.6) is 0 Å². The third-order valence-electron chi connectivity index (χ3n) is 1.66. The number of ether oxygens (including phenoxy) is 2. The summed E-state index contributed by atoms with van der Waals surface area (Å²) in [6.45, 7) is 2.80. The first-order valence-electron chi connectivity index (χ1n) is 4.48. The molecular formula is C9H17NO5. The number of hydrogen-bond donors (Lipinski definition) is 2. The third kappa shape index (κ3) is 5.34. The van der Waals surface area contributed by atoms with Crippen molar-refractivity contribution in [1.29, 1.82) is 0 Å². The first-order chi connectivity index (χ1) is 6.82. The molecule has 6 nitrogen and oxygen atoms in total. The monoisotopic (exact) mass is 219 g/mol. The van der Waals surface area contributed by atoms with Crippen molar-refractivity contribution < 1.29 is 24.2 Å². The number of nitrogens with two attached hydrogens (primary N) is 1. The molecular weight excluding hydrogens is 202 g/mol. The Labute approximate surface area is 88.3 Å². The summed E-state index contributed by atoms with van der Waals surface area (Å²) in [5.74, 6) is -1.32. The molecule has 0 aromatic carbocycles. The minimum atomic E-state index is -1.03. The van der Waals surface area contributed by atoms with Crippen LogP contribution in [-0.4, -0.2) is 42.4 Å². The van der Waals surface area contributed by atoms with E-state index in [1.54, 1.807) is 13.8 Å². The van der Waals surface area contributed by atoms with E-state index in [2.05, 4.69) is 4.74 Å². The maximum atomic E-state index is 11.2. The Morgan fingerprint density at radius 3 is 2.40 bits per heavy atom. The summed E-state index contributed by atoms with van der Waals surface area (Å²) in [7, 11) is 1.19. The highest BCUT2D eigenvalue weighted by molar-refractivity contribution is 5.82. The molecule has 88 valence electrons. The van der Waals surface area contributed by atoms with E-state index in [0.717, 1.165) is 0 Å². The number of methoxy groups -OCH3 is 1. The molecule has 0 aliphatic rings.